The minimum Gasteiger partial charge on any atom is -0.317 e. The van der Waals surface area contributed by atoms with E-state index in [0.29, 0.717) is 5.78 Å². The second-order valence-electron chi connectivity index (χ2n) is 6.19. The van der Waals surface area contributed by atoms with Crippen LogP contribution < -0.4 is 5.32 Å². The maximum absolute atomic E-state index is 12.6. The number of hydrogen-bond donors (Lipinski definition) is 1. The van der Waals surface area contributed by atoms with E-state index in [0.717, 1.165) is 43.8 Å². The Bertz CT molecular complexity index is 474. The van der Waals surface area contributed by atoms with Crippen LogP contribution in [-0.2, 0) is 6.42 Å². The van der Waals surface area contributed by atoms with Crippen molar-refractivity contribution < 1.29 is 4.79 Å². The summed E-state index contributed by atoms with van der Waals surface area (Å²) in [4.78, 5) is 12.6. The van der Waals surface area contributed by atoms with Gasteiger partial charge in [0.1, 0.15) is 0 Å². The normalized spacial score (nSPS) is 24.3. The largest absolute Gasteiger partial charge is 0.317 e. The summed E-state index contributed by atoms with van der Waals surface area (Å²) in [6, 6.07) is 6.30. The Kier molecular flexibility index (Phi) is 3.69. The van der Waals surface area contributed by atoms with Crippen molar-refractivity contribution in [2.24, 2.45) is 11.8 Å². The summed E-state index contributed by atoms with van der Waals surface area (Å²) in [6.07, 6.45) is 5.72. The number of nitrogens with one attached hydrogen (secondary N) is 1. The van der Waals surface area contributed by atoms with E-state index in [1.54, 1.807) is 0 Å². The third kappa shape index (κ3) is 2.74. The molecule has 3 rings (SSSR count). The third-order valence-corrected chi connectivity index (χ3v) is 4.74. The van der Waals surface area contributed by atoms with Crippen molar-refractivity contribution in [1.82, 2.24) is 5.32 Å². The van der Waals surface area contributed by atoms with E-state index in [-0.39, 0.29) is 5.92 Å². The Morgan fingerprint density at radius 3 is 2.79 bits per heavy atom. The molecule has 2 heteroatoms. The van der Waals surface area contributed by atoms with Crippen molar-refractivity contribution in [3.63, 3.8) is 0 Å². The number of Topliss-reactive ketones (excluding diaryl/α,β-unsaturated/α-hetero) is 1. The number of carbonyl (C=O) groups is 1. The van der Waals surface area contributed by atoms with Gasteiger partial charge in [0.05, 0.1) is 0 Å². The van der Waals surface area contributed by atoms with Gasteiger partial charge in [-0.1, -0.05) is 23.8 Å². The van der Waals surface area contributed by atoms with Crippen LogP contribution in [0.1, 0.15) is 47.2 Å². The van der Waals surface area contributed by atoms with E-state index < -0.39 is 0 Å². The standard InChI is InChI=1S/C17H23NO/c1-12-2-5-16-14(10-12)3-4-15(17(16)19)11-13-6-8-18-9-7-13/h2,5,10,13,15,18H,3-4,6-9,11H2,1H3. The third-order valence-electron chi connectivity index (χ3n) is 4.74. The molecule has 2 nitrogen and oxygen atoms in total. The molecule has 0 saturated carbocycles. The van der Waals surface area contributed by atoms with Crippen LogP contribution >= 0.6 is 0 Å². The first-order valence-corrected chi connectivity index (χ1v) is 7.58. The summed E-state index contributed by atoms with van der Waals surface area (Å²) in [5.41, 5.74) is 3.53. The van der Waals surface area contributed by atoms with Crippen LogP contribution in [0.4, 0.5) is 0 Å². The first kappa shape index (κ1) is 12.9. The van der Waals surface area contributed by atoms with Crippen LogP contribution in [0.2, 0.25) is 0 Å². The van der Waals surface area contributed by atoms with Gasteiger partial charge in [-0.05, 0) is 63.6 Å². The van der Waals surface area contributed by atoms with E-state index >= 15 is 0 Å². The number of carbonyl (C=O) groups excluding carboxylic acids is 1. The molecular weight excluding hydrogens is 234 g/mol. The van der Waals surface area contributed by atoms with Crippen LogP contribution in [0.25, 0.3) is 0 Å². The highest BCUT2D eigenvalue weighted by molar-refractivity contribution is 6.00. The molecule has 1 N–H and O–H groups in total. The zero-order chi connectivity index (χ0) is 13.2. The lowest BCUT2D eigenvalue weighted by Crippen LogP contribution is -2.31. The quantitative estimate of drug-likeness (QED) is 0.882. The molecule has 1 aromatic carbocycles. The zero-order valence-corrected chi connectivity index (χ0v) is 11.7. The Hall–Kier alpha value is -1.15. The Morgan fingerprint density at radius 2 is 2.00 bits per heavy atom. The van der Waals surface area contributed by atoms with E-state index in [9.17, 15) is 4.79 Å². The first-order chi connectivity index (χ1) is 9.24. The monoisotopic (exact) mass is 257 g/mol. The molecule has 1 atom stereocenters. The minimum atomic E-state index is 0.276. The van der Waals surface area contributed by atoms with Crippen molar-refractivity contribution in [1.29, 1.82) is 0 Å². The highest BCUT2D eigenvalue weighted by Crippen LogP contribution is 2.32. The lowest BCUT2D eigenvalue weighted by molar-refractivity contribution is 0.0873. The van der Waals surface area contributed by atoms with Crippen molar-refractivity contribution in [3.8, 4) is 0 Å². The molecule has 0 spiro atoms. The predicted molar refractivity (Wildman–Crippen MR) is 77.5 cm³/mol. The van der Waals surface area contributed by atoms with Gasteiger partial charge in [0.15, 0.2) is 5.78 Å². The molecule has 1 aliphatic heterocycles. The molecule has 1 aliphatic carbocycles. The number of fused-ring (bicyclic) bond motifs is 1. The molecular formula is C17H23NO. The topological polar surface area (TPSA) is 29.1 Å². The Morgan fingerprint density at radius 1 is 1.21 bits per heavy atom. The predicted octanol–water partition coefficient (Wildman–Crippen LogP) is 3.13. The molecule has 0 aromatic heterocycles. The van der Waals surface area contributed by atoms with Gasteiger partial charge < -0.3 is 5.32 Å². The molecule has 1 fully saturated rings. The van der Waals surface area contributed by atoms with Crippen LogP contribution in [0.15, 0.2) is 18.2 Å². The smallest absolute Gasteiger partial charge is 0.166 e. The van der Waals surface area contributed by atoms with Gasteiger partial charge in [0.2, 0.25) is 0 Å². The van der Waals surface area contributed by atoms with Gasteiger partial charge in [-0.2, -0.15) is 0 Å². The molecule has 102 valence electrons. The SMILES string of the molecule is Cc1ccc2c(c1)CCC(CC1CCNCC1)C2=O. The van der Waals surface area contributed by atoms with Gasteiger partial charge in [-0.3, -0.25) is 4.79 Å². The van der Waals surface area contributed by atoms with E-state index in [4.69, 9.17) is 0 Å². The molecule has 19 heavy (non-hydrogen) atoms. The van der Waals surface area contributed by atoms with Crippen molar-refractivity contribution in [2.45, 2.75) is 39.0 Å². The molecule has 0 amide bonds. The molecule has 0 radical (unpaired) electrons. The van der Waals surface area contributed by atoms with Gasteiger partial charge in [-0.25, -0.2) is 0 Å². The summed E-state index contributed by atoms with van der Waals surface area (Å²) in [6.45, 7) is 4.36. The van der Waals surface area contributed by atoms with Gasteiger partial charge in [-0.15, -0.1) is 0 Å². The number of piperidine rings is 1. The highest BCUT2D eigenvalue weighted by Gasteiger charge is 2.29. The minimum absolute atomic E-state index is 0.276. The summed E-state index contributed by atoms with van der Waals surface area (Å²) >= 11 is 0. The van der Waals surface area contributed by atoms with E-state index in [1.807, 2.05) is 6.07 Å². The Labute approximate surface area is 115 Å². The zero-order valence-electron chi connectivity index (χ0n) is 11.7. The Balaban J connectivity index is 1.72. The fraction of sp³-hybridized carbons (Fsp3) is 0.588. The average Bonchev–Trinajstić information content (AvgIpc) is 2.43. The van der Waals surface area contributed by atoms with Crippen LogP contribution in [0.5, 0.6) is 0 Å². The van der Waals surface area contributed by atoms with Crippen LogP contribution in [0.3, 0.4) is 0 Å². The fourth-order valence-electron chi connectivity index (χ4n) is 3.60. The van der Waals surface area contributed by atoms with Gasteiger partial charge in [0.25, 0.3) is 0 Å². The van der Waals surface area contributed by atoms with Crippen molar-refractivity contribution in [3.05, 3.63) is 34.9 Å². The summed E-state index contributed by atoms with van der Waals surface area (Å²) in [5, 5.41) is 3.40. The number of aryl methyl sites for hydroxylation is 2. The van der Waals surface area contributed by atoms with Crippen molar-refractivity contribution in [2.75, 3.05) is 13.1 Å². The second kappa shape index (κ2) is 5.46. The summed E-state index contributed by atoms with van der Waals surface area (Å²) < 4.78 is 0. The van der Waals surface area contributed by atoms with E-state index in [2.05, 4.69) is 24.4 Å². The van der Waals surface area contributed by atoms with Crippen molar-refractivity contribution >= 4 is 5.78 Å². The highest BCUT2D eigenvalue weighted by atomic mass is 16.1. The van der Waals surface area contributed by atoms with Crippen LogP contribution in [-0.4, -0.2) is 18.9 Å². The second-order valence-corrected chi connectivity index (χ2v) is 6.19. The fourth-order valence-corrected chi connectivity index (χ4v) is 3.60. The number of ketones is 1. The van der Waals surface area contributed by atoms with Crippen LogP contribution in [0, 0.1) is 18.8 Å². The maximum Gasteiger partial charge on any atom is 0.166 e. The van der Waals surface area contributed by atoms with Gasteiger partial charge >= 0.3 is 0 Å². The average molecular weight is 257 g/mol. The number of rotatable bonds is 2. The lowest BCUT2D eigenvalue weighted by atomic mass is 9.76. The maximum atomic E-state index is 12.6. The number of hydrogen-bond acceptors (Lipinski definition) is 2. The molecule has 2 aliphatic rings. The molecule has 1 saturated heterocycles. The summed E-state index contributed by atoms with van der Waals surface area (Å²) in [7, 11) is 0. The first-order valence-electron chi connectivity index (χ1n) is 7.58. The molecule has 1 unspecified atom stereocenters. The van der Waals surface area contributed by atoms with E-state index in [1.165, 1.54) is 24.0 Å². The molecule has 0 bridgehead atoms. The molecule has 1 heterocycles. The van der Waals surface area contributed by atoms with Gasteiger partial charge in [0, 0.05) is 11.5 Å². The molecule has 1 aromatic rings. The summed E-state index contributed by atoms with van der Waals surface area (Å²) in [5.74, 6) is 1.43. The number of benzene rings is 1. The lowest BCUT2D eigenvalue weighted by Gasteiger charge is -2.29.